The van der Waals surface area contributed by atoms with Crippen molar-refractivity contribution in [3.05, 3.63) is 69.5 Å². The van der Waals surface area contributed by atoms with E-state index >= 15 is 0 Å². The summed E-state index contributed by atoms with van der Waals surface area (Å²) in [5.74, 6) is -1.89. The summed E-state index contributed by atoms with van der Waals surface area (Å²) >= 11 is 0. The van der Waals surface area contributed by atoms with Crippen molar-refractivity contribution in [1.29, 1.82) is 0 Å². The number of hydrogen-bond acceptors (Lipinski definition) is 6. The van der Waals surface area contributed by atoms with Gasteiger partial charge in [0.05, 0.1) is 16.9 Å². The minimum Gasteiger partial charge on any atom is -0.350 e. The van der Waals surface area contributed by atoms with Crippen molar-refractivity contribution in [1.82, 2.24) is 10.2 Å². The lowest BCUT2D eigenvalue weighted by atomic mass is 10.1. The van der Waals surface area contributed by atoms with E-state index in [0.29, 0.717) is 5.56 Å². The predicted molar refractivity (Wildman–Crippen MR) is 134 cm³/mol. The summed E-state index contributed by atoms with van der Waals surface area (Å²) in [6.07, 6.45) is 0.871. The Balaban J connectivity index is 2.51. The lowest BCUT2D eigenvalue weighted by Crippen LogP contribution is -2.54. The number of non-ortho nitro benzene ring substituents is 1. The first kappa shape index (κ1) is 28.7. The monoisotopic (exact) mass is 522 g/mol. The number of rotatable bonds is 9. The minimum absolute atomic E-state index is 0.0438. The molecule has 0 saturated heterocycles. The van der Waals surface area contributed by atoms with Gasteiger partial charge in [0.2, 0.25) is 21.8 Å². The fraction of sp³-hybridized carbons (Fsp3) is 0.417. The van der Waals surface area contributed by atoms with Gasteiger partial charge in [0, 0.05) is 29.8 Å². The van der Waals surface area contributed by atoms with Gasteiger partial charge >= 0.3 is 0 Å². The highest BCUT2D eigenvalue weighted by Gasteiger charge is 2.32. The van der Waals surface area contributed by atoms with Gasteiger partial charge < -0.3 is 10.2 Å². The van der Waals surface area contributed by atoms with Crippen LogP contribution in [0.4, 0.5) is 15.8 Å². The fourth-order valence-electron chi connectivity index (χ4n) is 3.44. The zero-order valence-electron chi connectivity index (χ0n) is 21.1. The second-order valence-electron chi connectivity index (χ2n) is 9.53. The Kier molecular flexibility index (Phi) is 8.79. The van der Waals surface area contributed by atoms with Crippen LogP contribution in [0.15, 0.2) is 42.5 Å². The van der Waals surface area contributed by atoms with Gasteiger partial charge in [-0.05, 0) is 46.2 Å². The number of aryl methyl sites for hydroxylation is 1. The SMILES string of the molecule is Cc1ccc([N+](=O)[O-])cc1N(CC(=O)N(Cc1ccccc1F)[C@H](C)C(=O)NC(C)(C)C)S(C)(=O)=O. The van der Waals surface area contributed by atoms with E-state index in [9.17, 15) is 32.5 Å². The number of anilines is 1. The van der Waals surface area contributed by atoms with E-state index in [2.05, 4.69) is 5.32 Å². The molecule has 0 aliphatic carbocycles. The molecule has 2 aromatic carbocycles. The van der Waals surface area contributed by atoms with Crippen molar-refractivity contribution in [3.63, 3.8) is 0 Å². The van der Waals surface area contributed by atoms with Crippen LogP contribution in [-0.4, -0.2) is 54.4 Å². The third-order valence-electron chi connectivity index (χ3n) is 5.32. The number of carbonyl (C=O) groups is 2. The van der Waals surface area contributed by atoms with E-state index in [0.717, 1.165) is 21.5 Å². The molecule has 36 heavy (non-hydrogen) atoms. The Labute approximate surface area is 210 Å². The Morgan fingerprint density at radius 1 is 1.17 bits per heavy atom. The third-order valence-corrected chi connectivity index (χ3v) is 6.44. The highest BCUT2D eigenvalue weighted by molar-refractivity contribution is 7.92. The van der Waals surface area contributed by atoms with Gasteiger partial charge in [-0.25, -0.2) is 12.8 Å². The van der Waals surface area contributed by atoms with Crippen LogP contribution in [-0.2, 0) is 26.2 Å². The maximum absolute atomic E-state index is 14.4. The Morgan fingerprint density at radius 2 is 1.78 bits per heavy atom. The lowest BCUT2D eigenvalue weighted by Gasteiger charge is -2.33. The molecule has 0 heterocycles. The molecule has 0 unspecified atom stereocenters. The molecule has 1 N–H and O–H groups in total. The summed E-state index contributed by atoms with van der Waals surface area (Å²) in [5.41, 5.74) is -0.482. The van der Waals surface area contributed by atoms with Crippen LogP contribution >= 0.6 is 0 Å². The van der Waals surface area contributed by atoms with Crippen LogP contribution in [0.5, 0.6) is 0 Å². The number of hydrogen-bond donors (Lipinski definition) is 1. The van der Waals surface area contributed by atoms with Gasteiger partial charge in [-0.3, -0.25) is 24.0 Å². The lowest BCUT2D eigenvalue weighted by molar-refractivity contribution is -0.384. The molecule has 2 amide bonds. The van der Waals surface area contributed by atoms with Crippen molar-refractivity contribution in [3.8, 4) is 0 Å². The third kappa shape index (κ3) is 7.48. The standard InChI is InChI=1S/C24H31FN4O6S/c1-16-11-12-19(29(32)33)13-21(16)28(36(6,34)35)15-22(30)27(14-18-9-7-8-10-20(18)25)17(2)23(31)26-24(3,4)5/h7-13,17H,14-15H2,1-6H3,(H,26,31)/t17-/m1/s1. The number of amides is 2. The molecule has 10 nitrogen and oxygen atoms in total. The summed E-state index contributed by atoms with van der Waals surface area (Å²) in [6, 6.07) is 8.34. The largest absolute Gasteiger partial charge is 0.350 e. The molecule has 0 radical (unpaired) electrons. The van der Waals surface area contributed by atoms with Gasteiger partial charge in [-0.2, -0.15) is 0 Å². The van der Waals surface area contributed by atoms with Gasteiger partial charge in [-0.15, -0.1) is 0 Å². The first-order valence-corrected chi connectivity index (χ1v) is 12.9. The van der Waals surface area contributed by atoms with Crippen LogP contribution in [0.25, 0.3) is 0 Å². The second-order valence-corrected chi connectivity index (χ2v) is 11.4. The predicted octanol–water partition coefficient (Wildman–Crippen LogP) is 3.14. The van der Waals surface area contributed by atoms with Crippen LogP contribution in [0.3, 0.4) is 0 Å². The number of nitro benzene ring substituents is 1. The molecule has 0 fully saturated rings. The molecule has 0 bridgehead atoms. The number of nitro groups is 1. The molecule has 1 atom stereocenters. The van der Waals surface area contributed by atoms with E-state index < -0.39 is 50.7 Å². The van der Waals surface area contributed by atoms with E-state index in [-0.39, 0.29) is 23.5 Å². The van der Waals surface area contributed by atoms with Gasteiger partial charge in [0.25, 0.3) is 5.69 Å². The number of nitrogens with zero attached hydrogens (tertiary/aromatic N) is 3. The topological polar surface area (TPSA) is 130 Å². The van der Waals surface area contributed by atoms with Crippen molar-refractivity contribution in [2.75, 3.05) is 17.1 Å². The van der Waals surface area contributed by atoms with E-state index in [1.807, 2.05) is 0 Å². The number of nitrogens with one attached hydrogen (secondary N) is 1. The minimum atomic E-state index is -4.08. The van der Waals surface area contributed by atoms with Crippen molar-refractivity contribution < 1.29 is 27.3 Å². The highest BCUT2D eigenvalue weighted by Crippen LogP contribution is 2.28. The number of halogens is 1. The maximum atomic E-state index is 14.4. The molecule has 0 aliphatic rings. The average Bonchev–Trinajstić information content (AvgIpc) is 2.74. The van der Waals surface area contributed by atoms with Crippen molar-refractivity contribution in [2.24, 2.45) is 0 Å². The van der Waals surface area contributed by atoms with Crippen LogP contribution < -0.4 is 9.62 Å². The summed E-state index contributed by atoms with van der Waals surface area (Å²) in [4.78, 5) is 38.1. The Hall–Kier alpha value is -3.54. The Morgan fingerprint density at radius 3 is 2.31 bits per heavy atom. The molecular formula is C24H31FN4O6S. The molecule has 0 saturated carbocycles. The van der Waals surface area contributed by atoms with Crippen LogP contribution in [0, 0.1) is 22.9 Å². The smallest absolute Gasteiger partial charge is 0.271 e. The zero-order valence-corrected chi connectivity index (χ0v) is 21.9. The quantitative estimate of drug-likeness (QED) is 0.398. The zero-order chi connectivity index (χ0) is 27.4. The van der Waals surface area contributed by atoms with Gasteiger partial charge in [0.15, 0.2) is 0 Å². The molecule has 196 valence electrons. The van der Waals surface area contributed by atoms with E-state index in [1.165, 1.54) is 37.3 Å². The van der Waals surface area contributed by atoms with Gasteiger partial charge in [0.1, 0.15) is 18.4 Å². The number of sulfonamides is 1. The first-order chi connectivity index (χ1) is 16.5. The number of carbonyl (C=O) groups excluding carboxylic acids is 2. The molecule has 0 spiro atoms. The van der Waals surface area contributed by atoms with Crippen LogP contribution in [0.2, 0.25) is 0 Å². The van der Waals surface area contributed by atoms with Crippen molar-refractivity contribution >= 4 is 33.2 Å². The first-order valence-electron chi connectivity index (χ1n) is 11.1. The second kappa shape index (κ2) is 11.0. The van der Waals surface area contributed by atoms with E-state index in [4.69, 9.17) is 0 Å². The molecule has 12 heteroatoms. The molecule has 2 rings (SSSR count). The van der Waals surface area contributed by atoms with E-state index in [1.54, 1.807) is 33.8 Å². The Bertz CT molecular complexity index is 1260. The summed E-state index contributed by atoms with van der Waals surface area (Å²) in [5, 5.41) is 14.0. The molecular weight excluding hydrogens is 491 g/mol. The normalized spacial score (nSPS) is 12.5. The van der Waals surface area contributed by atoms with Gasteiger partial charge in [-0.1, -0.05) is 24.3 Å². The molecule has 2 aromatic rings. The molecule has 0 aliphatic heterocycles. The van der Waals surface area contributed by atoms with Crippen LogP contribution in [0.1, 0.15) is 38.8 Å². The maximum Gasteiger partial charge on any atom is 0.271 e. The summed E-state index contributed by atoms with van der Waals surface area (Å²) in [6.45, 7) is 7.25. The number of benzene rings is 2. The highest BCUT2D eigenvalue weighted by atomic mass is 32.2. The summed E-state index contributed by atoms with van der Waals surface area (Å²) < 4.78 is 40.5. The molecule has 0 aromatic heterocycles. The van der Waals surface area contributed by atoms with Crippen molar-refractivity contribution in [2.45, 2.75) is 52.7 Å². The average molecular weight is 523 g/mol. The fourth-order valence-corrected chi connectivity index (χ4v) is 4.34. The summed E-state index contributed by atoms with van der Waals surface area (Å²) in [7, 11) is -4.08.